The van der Waals surface area contributed by atoms with E-state index in [9.17, 15) is 14.7 Å². The summed E-state index contributed by atoms with van der Waals surface area (Å²) in [5, 5.41) is 11.4. The molecule has 2 aromatic carbocycles. The van der Waals surface area contributed by atoms with Gasteiger partial charge in [0.1, 0.15) is 11.5 Å². The second-order valence-corrected chi connectivity index (χ2v) is 8.87. The molecule has 1 saturated heterocycles. The maximum absolute atomic E-state index is 13.1. The van der Waals surface area contributed by atoms with Crippen molar-refractivity contribution in [1.82, 2.24) is 9.80 Å². The normalized spacial score (nSPS) is 18.1. The number of likely N-dealkylation sites (tertiary alicyclic amines) is 1. The van der Waals surface area contributed by atoms with Crippen LogP contribution in [0.15, 0.2) is 48.0 Å². The Bertz CT molecular complexity index is 1040. The first-order chi connectivity index (χ1) is 15.1. The van der Waals surface area contributed by atoms with Crippen LogP contribution in [0.25, 0.3) is 5.76 Å². The second kappa shape index (κ2) is 9.76. The predicted octanol–water partition coefficient (Wildman–Crippen LogP) is 4.46. The van der Waals surface area contributed by atoms with Crippen molar-refractivity contribution in [2.24, 2.45) is 0 Å². The van der Waals surface area contributed by atoms with Gasteiger partial charge >= 0.3 is 0 Å². The molecular weight excluding hydrogens is 428 g/mol. The molecule has 1 fully saturated rings. The molecule has 1 aliphatic rings. The van der Waals surface area contributed by atoms with Gasteiger partial charge in [0.2, 0.25) is 0 Å². The smallest absolute Gasteiger partial charge is 0.295 e. The van der Waals surface area contributed by atoms with E-state index in [4.69, 9.17) is 16.3 Å². The number of methoxy groups -OCH3 is 1. The van der Waals surface area contributed by atoms with Crippen LogP contribution in [-0.2, 0) is 9.59 Å². The topological polar surface area (TPSA) is 70.1 Å². The number of ether oxygens (including phenoxy) is 1. The summed E-state index contributed by atoms with van der Waals surface area (Å²) in [5.74, 6) is -0.767. The summed E-state index contributed by atoms with van der Waals surface area (Å²) in [4.78, 5) is 29.5. The Morgan fingerprint density at radius 1 is 1.16 bits per heavy atom. The maximum atomic E-state index is 13.1. The number of carbonyl (C=O) groups excluding carboxylic acids is 2. The molecule has 0 bridgehead atoms. The number of aliphatic hydroxyl groups excluding tert-OH is 1. The molecule has 1 amide bonds. The highest BCUT2D eigenvalue weighted by Gasteiger charge is 2.45. The van der Waals surface area contributed by atoms with E-state index >= 15 is 0 Å². The van der Waals surface area contributed by atoms with Gasteiger partial charge in [-0.3, -0.25) is 9.59 Å². The highest BCUT2D eigenvalue weighted by atomic mass is 35.5. The summed E-state index contributed by atoms with van der Waals surface area (Å²) in [6, 6.07) is 11.9. The lowest BCUT2D eigenvalue weighted by Gasteiger charge is -2.27. The van der Waals surface area contributed by atoms with Gasteiger partial charge in [-0.15, -0.1) is 0 Å². The zero-order valence-electron chi connectivity index (χ0n) is 19.1. The van der Waals surface area contributed by atoms with Crippen LogP contribution in [0.2, 0.25) is 5.02 Å². The van der Waals surface area contributed by atoms with Crippen LogP contribution in [0.4, 0.5) is 0 Å². The lowest BCUT2D eigenvalue weighted by atomic mass is 9.93. The van der Waals surface area contributed by atoms with Gasteiger partial charge in [-0.1, -0.05) is 49.7 Å². The van der Waals surface area contributed by atoms with Gasteiger partial charge in [-0.2, -0.15) is 0 Å². The van der Waals surface area contributed by atoms with E-state index in [1.807, 2.05) is 43.3 Å². The van der Waals surface area contributed by atoms with E-state index in [1.54, 1.807) is 12.1 Å². The van der Waals surface area contributed by atoms with Gasteiger partial charge < -0.3 is 19.6 Å². The highest BCUT2D eigenvalue weighted by molar-refractivity contribution is 6.46. The van der Waals surface area contributed by atoms with Crippen molar-refractivity contribution in [2.75, 3.05) is 34.3 Å². The van der Waals surface area contributed by atoms with Crippen LogP contribution in [-0.4, -0.2) is 60.9 Å². The van der Waals surface area contributed by atoms with Crippen LogP contribution in [0.3, 0.4) is 0 Å². The summed E-state index contributed by atoms with van der Waals surface area (Å²) >= 11 is 6.23. The predicted molar refractivity (Wildman–Crippen MR) is 126 cm³/mol. The Labute approximate surface area is 194 Å². The summed E-state index contributed by atoms with van der Waals surface area (Å²) in [5.41, 5.74) is 2.34. The molecule has 32 heavy (non-hydrogen) atoms. The lowest BCUT2D eigenvalue weighted by Crippen LogP contribution is -2.35. The van der Waals surface area contributed by atoms with Crippen molar-refractivity contribution >= 4 is 29.1 Å². The zero-order valence-corrected chi connectivity index (χ0v) is 19.8. The fourth-order valence-electron chi connectivity index (χ4n) is 3.80. The summed E-state index contributed by atoms with van der Waals surface area (Å²) < 4.78 is 5.17. The number of Topliss-reactive ketones (excluding diaryl/α,β-unsaturated/α-hetero) is 1. The van der Waals surface area contributed by atoms with E-state index in [0.29, 0.717) is 35.3 Å². The molecule has 1 atom stereocenters. The molecule has 2 aromatic rings. The third-order valence-electron chi connectivity index (χ3n) is 5.67. The molecule has 0 aliphatic carbocycles. The van der Waals surface area contributed by atoms with Crippen molar-refractivity contribution in [2.45, 2.75) is 25.8 Å². The van der Waals surface area contributed by atoms with Gasteiger partial charge in [0, 0.05) is 18.7 Å². The monoisotopic (exact) mass is 456 g/mol. The Kier molecular flexibility index (Phi) is 7.26. The number of benzene rings is 2. The average molecular weight is 457 g/mol. The standard InChI is InChI=1S/C25H29ClN2O4/c1-15(2)16-6-8-17(9-7-16)22-21(24(30)25(31)28(22)13-12-27(3)4)23(29)18-10-11-20(32-5)19(26)14-18/h6-11,14-15,22,29H,12-13H2,1-5H3/b23-21+/t22-/m1/s1. The van der Waals surface area contributed by atoms with Gasteiger partial charge in [-0.25, -0.2) is 0 Å². The molecule has 6 nitrogen and oxygen atoms in total. The number of ketones is 1. The quantitative estimate of drug-likeness (QED) is 0.378. The van der Waals surface area contributed by atoms with Crippen LogP contribution in [0.1, 0.15) is 42.5 Å². The molecule has 1 aliphatic heterocycles. The Morgan fingerprint density at radius 2 is 1.81 bits per heavy atom. The molecule has 1 N–H and O–H groups in total. The molecule has 0 saturated carbocycles. The number of likely N-dealkylation sites (N-methyl/N-ethyl adjacent to an activating group) is 1. The van der Waals surface area contributed by atoms with Crippen LogP contribution >= 0.6 is 11.6 Å². The second-order valence-electron chi connectivity index (χ2n) is 8.47. The molecule has 3 rings (SSSR count). The Balaban J connectivity index is 2.14. The summed E-state index contributed by atoms with van der Waals surface area (Å²) in [6.07, 6.45) is 0. The minimum absolute atomic E-state index is 0.0623. The SMILES string of the molecule is COc1ccc(/C(O)=C2\C(=O)C(=O)N(CCN(C)C)[C@@H]2c2ccc(C(C)C)cc2)cc1Cl. The van der Waals surface area contributed by atoms with Gasteiger partial charge in [0.05, 0.1) is 23.7 Å². The van der Waals surface area contributed by atoms with Crippen LogP contribution in [0.5, 0.6) is 5.75 Å². The van der Waals surface area contributed by atoms with Crippen molar-refractivity contribution in [3.63, 3.8) is 0 Å². The van der Waals surface area contributed by atoms with Gasteiger partial charge in [0.15, 0.2) is 0 Å². The lowest BCUT2D eigenvalue weighted by molar-refractivity contribution is -0.140. The summed E-state index contributed by atoms with van der Waals surface area (Å²) in [6.45, 7) is 5.15. The minimum atomic E-state index is -0.703. The number of carbonyl (C=O) groups is 2. The van der Waals surface area contributed by atoms with Crippen molar-refractivity contribution in [3.8, 4) is 5.75 Å². The molecule has 170 valence electrons. The zero-order chi connectivity index (χ0) is 23.6. The third-order valence-corrected chi connectivity index (χ3v) is 5.97. The largest absolute Gasteiger partial charge is 0.507 e. The number of rotatable bonds is 7. The molecule has 0 radical (unpaired) electrons. The minimum Gasteiger partial charge on any atom is -0.507 e. The Hall–Kier alpha value is -2.83. The molecule has 0 aromatic heterocycles. The van der Waals surface area contributed by atoms with Gasteiger partial charge in [-0.05, 0) is 49.3 Å². The fraction of sp³-hybridized carbons (Fsp3) is 0.360. The number of nitrogens with zero attached hydrogens (tertiary/aromatic N) is 2. The van der Waals surface area contributed by atoms with Crippen molar-refractivity contribution < 1.29 is 19.4 Å². The van der Waals surface area contributed by atoms with E-state index in [-0.39, 0.29) is 11.3 Å². The first-order valence-electron chi connectivity index (χ1n) is 10.5. The first-order valence-corrected chi connectivity index (χ1v) is 10.9. The van der Waals surface area contributed by atoms with Crippen molar-refractivity contribution in [3.05, 3.63) is 69.8 Å². The summed E-state index contributed by atoms with van der Waals surface area (Å²) in [7, 11) is 5.31. The number of aliphatic hydroxyl groups is 1. The highest BCUT2D eigenvalue weighted by Crippen LogP contribution is 2.40. The molecule has 7 heteroatoms. The average Bonchev–Trinajstić information content (AvgIpc) is 3.01. The number of halogens is 1. The van der Waals surface area contributed by atoms with E-state index < -0.39 is 17.7 Å². The Morgan fingerprint density at radius 3 is 2.34 bits per heavy atom. The van der Waals surface area contributed by atoms with Crippen LogP contribution < -0.4 is 4.74 Å². The van der Waals surface area contributed by atoms with Gasteiger partial charge in [0.25, 0.3) is 11.7 Å². The van der Waals surface area contributed by atoms with E-state index in [2.05, 4.69) is 13.8 Å². The molecule has 0 unspecified atom stereocenters. The molecule has 0 spiro atoms. The number of amides is 1. The molecular formula is C25H29ClN2O4. The van der Waals surface area contributed by atoms with E-state index in [0.717, 1.165) is 11.1 Å². The van der Waals surface area contributed by atoms with Crippen molar-refractivity contribution in [1.29, 1.82) is 0 Å². The fourth-order valence-corrected chi connectivity index (χ4v) is 4.06. The number of hydrogen-bond donors (Lipinski definition) is 1. The number of hydrogen-bond acceptors (Lipinski definition) is 5. The molecule has 1 heterocycles. The first kappa shape index (κ1) is 23.8. The third kappa shape index (κ3) is 4.66. The van der Waals surface area contributed by atoms with E-state index in [1.165, 1.54) is 18.1 Å². The van der Waals surface area contributed by atoms with Crippen LogP contribution in [0, 0.1) is 0 Å². The maximum Gasteiger partial charge on any atom is 0.295 e.